The van der Waals surface area contributed by atoms with E-state index in [4.69, 9.17) is 0 Å². The molecule has 0 heterocycles. The average molecular weight is 471 g/mol. The van der Waals surface area contributed by atoms with Gasteiger partial charge in [0.05, 0.1) is 11.7 Å². The fourth-order valence-electron chi connectivity index (χ4n) is 9.21. The molecule has 4 aliphatic carbocycles. The monoisotopic (exact) mass is 470 g/mol. The summed E-state index contributed by atoms with van der Waals surface area (Å²) < 4.78 is 0. The van der Waals surface area contributed by atoms with Gasteiger partial charge in [-0.15, -0.1) is 0 Å². The molecule has 4 aliphatic rings. The summed E-state index contributed by atoms with van der Waals surface area (Å²) in [7, 11) is 0. The van der Waals surface area contributed by atoms with Crippen LogP contribution < -0.4 is 0 Å². The number of rotatable bonds is 5. The lowest BCUT2D eigenvalue weighted by Gasteiger charge is -2.61. The van der Waals surface area contributed by atoms with E-state index >= 15 is 0 Å². The van der Waals surface area contributed by atoms with Crippen molar-refractivity contribution in [2.45, 2.75) is 125 Å². The molecular formula is C31H50O3. The molecular weight excluding hydrogens is 420 g/mol. The average Bonchev–Trinajstić information content (AvgIpc) is 3.01. The van der Waals surface area contributed by atoms with E-state index in [-0.39, 0.29) is 33.7 Å². The van der Waals surface area contributed by atoms with Crippen LogP contribution in [0.3, 0.4) is 0 Å². The Bertz CT molecular complexity index is 904. The molecule has 0 saturated heterocycles. The third-order valence-electron chi connectivity index (χ3n) is 12.1. The van der Waals surface area contributed by atoms with E-state index in [1.54, 1.807) is 0 Å². The van der Waals surface area contributed by atoms with Gasteiger partial charge >= 0.3 is 0 Å². The van der Waals surface area contributed by atoms with Gasteiger partial charge in [0.2, 0.25) is 0 Å². The molecule has 0 aromatic heterocycles. The van der Waals surface area contributed by atoms with Gasteiger partial charge in [0.1, 0.15) is 0 Å². The quantitative estimate of drug-likeness (QED) is 0.425. The zero-order valence-corrected chi connectivity index (χ0v) is 23.2. The van der Waals surface area contributed by atoms with Gasteiger partial charge in [0.25, 0.3) is 0 Å². The summed E-state index contributed by atoms with van der Waals surface area (Å²) in [5.74, 6) is 1.73. The van der Waals surface area contributed by atoms with Gasteiger partial charge in [-0.25, -0.2) is 0 Å². The van der Waals surface area contributed by atoms with Crippen molar-refractivity contribution in [3.63, 3.8) is 0 Å². The predicted molar refractivity (Wildman–Crippen MR) is 139 cm³/mol. The first-order valence-corrected chi connectivity index (χ1v) is 13.9. The van der Waals surface area contributed by atoms with Crippen LogP contribution in [0.2, 0.25) is 0 Å². The first-order chi connectivity index (χ1) is 15.5. The van der Waals surface area contributed by atoms with Crippen LogP contribution in [-0.2, 0) is 4.79 Å². The molecule has 3 nitrogen and oxygen atoms in total. The minimum absolute atomic E-state index is 0.0322. The Morgan fingerprint density at radius 3 is 2.38 bits per heavy atom. The maximum absolute atomic E-state index is 13.9. The maximum Gasteiger partial charge on any atom is 0.159 e. The van der Waals surface area contributed by atoms with Crippen molar-refractivity contribution in [2.24, 2.45) is 39.4 Å². The number of carbonyl (C=O) groups excluding carboxylic acids is 1. The second kappa shape index (κ2) is 8.04. The lowest BCUT2D eigenvalue weighted by molar-refractivity contribution is -0.134. The third-order valence-corrected chi connectivity index (χ3v) is 12.1. The minimum atomic E-state index is -0.819. The molecule has 2 saturated carbocycles. The molecule has 34 heavy (non-hydrogen) atoms. The van der Waals surface area contributed by atoms with E-state index in [0.29, 0.717) is 24.0 Å². The fraction of sp³-hybridized carbons (Fsp3) is 0.839. The molecule has 0 amide bonds. The summed E-state index contributed by atoms with van der Waals surface area (Å²) in [4.78, 5) is 13.9. The Morgan fingerprint density at radius 1 is 1.12 bits per heavy atom. The largest absolute Gasteiger partial charge is 0.393 e. The Kier molecular flexibility index (Phi) is 6.18. The van der Waals surface area contributed by atoms with Crippen LogP contribution in [0, 0.1) is 39.4 Å². The number of hydrogen-bond donors (Lipinski definition) is 2. The molecule has 0 aromatic carbocycles. The zero-order valence-electron chi connectivity index (χ0n) is 23.2. The van der Waals surface area contributed by atoms with E-state index in [0.717, 1.165) is 50.5 Å². The van der Waals surface area contributed by atoms with Gasteiger partial charge in [-0.3, -0.25) is 4.79 Å². The summed E-state index contributed by atoms with van der Waals surface area (Å²) in [6, 6.07) is 0. The van der Waals surface area contributed by atoms with Gasteiger partial charge in [0.15, 0.2) is 5.78 Å². The lowest BCUT2D eigenvalue weighted by atomic mass is 9.43. The van der Waals surface area contributed by atoms with Crippen molar-refractivity contribution >= 4 is 5.78 Å². The smallest absolute Gasteiger partial charge is 0.159 e. The number of carbonyl (C=O) groups is 1. The molecule has 4 rings (SSSR count). The first-order valence-electron chi connectivity index (χ1n) is 13.9. The molecule has 2 N–H and O–H groups in total. The number of Topliss-reactive ketones (excluding diaryl/α,β-unsaturated/α-hetero) is 1. The van der Waals surface area contributed by atoms with Crippen molar-refractivity contribution in [1.82, 2.24) is 0 Å². The van der Waals surface area contributed by atoms with E-state index in [1.807, 2.05) is 13.8 Å². The standard InChI is InChI=1S/C31H50O3/c1-19(10-11-20(2)28(5,6)34)21-12-17-31(9)26-22(13-16-30(21,31)8)29(7)15-14-25(33)27(3,4)24(29)18-23(26)32/h19,21,24-25,33-34H,2,10-18H2,1,3-9H3/t19-,21-,24?,25+,29-,30-,31+/m1/s1. The normalized spacial score (nSPS) is 42.6. The molecule has 0 aromatic rings. The van der Waals surface area contributed by atoms with E-state index < -0.39 is 5.60 Å². The topological polar surface area (TPSA) is 57.5 Å². The van der Waals surface area contributed by atoms with Gasteiger partial charge in [-0.05, 0) is 105 Å². The van der Waals surface area contributed by atoms with Crippen LogP contribution in [-0.4, -0.2) is 27.7 Å². The molecule has 7 atom stereocenters. The van der Waals surface area contributed by atoms with Gasteiger partial charge < -0.3 is 10.2 Å². The van der Waals surface area contributed by atoms with Crippen LogP contribution >= 0.6 is 0 Å². The van der Waals surface area contributed by atoms with Crippen LogP contribution in [0.1, 0.15) is 113 Å². The van der Waals surface area contributed by atoms with Crippen molar-refractivity contribution in [2.75, 3.05) is 0 Å². The molecule has 0 spiro atoms. The minimum Gasteiger partial charge on any atom is -0.393 e. The zero-order chi connectivity index (χ0) is 25.5. The van der Waals surface area contributed by atoms with Gasteiger partial charge in [-0.1, -0.05) is 53.7 Å². The molecule has 3 heteroatoms. The maximum atomic E-state index is 13.9. The summed E-state index contributed by atoms with van der Waals surface area (Å²) >= 11 is 0. The van der Waals surface area contributed by atoms with Crippen molar-refractivity contribution in [3.05, 3.63) is 23.3 Å². The molecule has 0 aliphatic heterocycles. The summed E-state index contributed by atoms with van der Waals surface area (Å²) in [5.41, 5.74) is 2.63. The van der Waals surface area contributed by atoms with Crippen LogP contribution in [0.5, 0.6) is 0 Å². The Morgan fingerprint density at radius 2 is 1.76 bits per heavy atom. The summed E-state index contributed by atoms with van der Waals surface area (Å²) in [5, 5.41) is 21.1. The lowest BCUT2D eigenvalue weighted by Crippen LogP contribution is -2.57. The molecule has 192 valence electrons. The second-order valence-corrected chi connectivity index (χ2v) is 14.4. The second-order valence-electron chi connectivity index (χ2n) is 14.4. The molecule has 0 radical (unpaired) electrons. The van der Waals surface area contributed by atoms with E-state index in [1.165, 1.54) is 17.6 Å². The Balaban J connectivity index is 1.66. The molecule has 1 unspecified atom stereocenters. The number of allylic oxidation sites excluding steroid dienone is 2. The van der Waals surface area contributed by atoms with Gasteiger partial charge in [0, 0.05) is 17.4 Å². The van der Waals surface area contributed by atoms with Crippen molar-refractivity contribution in [1.29, 1.82) is 0 Å². The predicted octanol–water partition coefficient (Wildman–Crippen LogP) is 7.02. The summed E-state index contributed by atoms with van der Waals surface area (Å²) in [6.07, 6.45) is 8.48. The Hall–Kier alpha value is -0.930. The number of ketones is 1. The number of fused-ring (bicyclic) bond motifs is 4. The molecule has 2 fully saturated rings. The first kappa shape index (κ1) is 26.1. The number of aliphatic hydroxyl groups is 2. The highest BCUT2D eigenvalue weighted by atomic mass is 16.3. The number of hydrogen-bond acceptors (Lipinski definition) is 3. The van der Waals surface area contributed by atoms with Crippen LogP contribution in [0.25, 0.3) is 0 Å². The third kappa shape index (κ3) is 3.54. The fourth-order valence-corrected chi connectivity index (χ4v) is 9.21. The SMILES string of the molecule is C=C(CC[C@@H](C)[C@H]1CC[C@@]2(C)C3=C(CC[C@]12C)[C@@]1(C)CC[C@H](O)C(C)(C)C1CC3=O)C(C)(C)O. The van der Waals surface area contributed by atoms with Crippen molar-refractivity contribution in [3.8, 4) is 0 Å². The Labute approximate surface area is 208 Å². The van der Waals surface area contributed by atoms with Crippen LogP contribution in [0.4, 0.5) is 0 Å². The van der Waals surface area contributed by atoms with Gasteiger partial charge in [-0.2, -0.15) is 0 Å². The highest BCUT2D eigenvalue weighted by Crippen LogP contribution is 2.71. The highest BCUT2D eigenvalue weighted by Gasteiger charge is 2.65. The summed E-state index contributed by atoms with van der Waals surface area (Å²) in [6.45, 7) is 21.9. The number of aliphatic hydroxyl groups excluding tert-OH is 1. The van der Waals surface area contributed by atoms with Crippen LogP contribution in [0.15, 0.2) is 23.3 Å². The van der Waals surface area contributed by atoms with E-state index in [9.17, 15) is 15.0 Å². The molecule has 0 bridgehead atoms. The van der Waals surface area contributed by atoms with Crippen molar-refractivity contribution < 1.29 is 15.0 Å². The van der Waals surface area contributed by atoms with E-state index in [2.05, 4.69) is 48.1 Å². The highest BCUT2D eigenvalue weighted by molar-refractivity contribution is 5.99.